The average molecular weight is 646 g/mol. The summed E-state index contributed by atoms with van der Waals surface area (Å²) in [4.78, 5) is 30.1. The first-order chi connectivity index (χ1) is 21.4. The fourth-order valence-electron chi connectivity index (χ4n) is 5.10. The molecule has 0 radical (unpaired) electrons. The normalized spacial score (nSPS) is 12.3. The molecule has 0 spiro atoms. The van der Waals surface area contributed by atoms with Crippen LogP contribution in [0.1, 0.15) is 44.4 Å². The summed E-state index contributed by atoms with van der Waals surface area (Å²) in [5.74, 6) is -0.886. The summed E-state index contributed by atoms with van der Waals surface area (Å²) in [6.07, 6.45) is 0.773. The second-order valence-electron chi connectivity index (χ2n) is 11.9. The fraction of sp³-hybridized carbons (Fsp3) is 0.278. The minimum absolute atomic E-state index is 0.00220. The molecule has 0 aliphatic rings. The number of para-hydroxylation sites is 1. The van der Waals surface area contributed by atoms with Gasteiger partial charge < -0.3 is 10.2 Å². The molecule has 0 heterocycles. The van der Waals surface area contributed by atoms with Gasteiger partial charge >= 0.3 is 0 Å². The van der Waals surface area contributed by atoms with Gasteiger partial charge in [0.1, 0.15) is 12.6 Å². The highest BCUT2D eigenvalue weighted by molar-refractivity contribution is 7.92. The Morgan fingerprint density at radius 3 is 1.96 bits per heavy atom. The average Bonchev–Trinajstić information content (AvgIpc) is 3.02. The molecule has 0 aliphatic carbocycles. The molecule has 4 rings (SSSR count). The third-order valence-corrected chi connectivity index (χ3v) is 9.46. The maximum atomic E-state index is 14.6. The number of hydrogen-bond acceptors (Lipinski definition) is 4. The van der Waals surface area contributed by atoms with Crippen molar-refractivity contribution in [2.75, 3.05) is 10.8 Å². The Morgan fingerprint density at radius 2 is 1.36 bits per heavy atom. The zero-order chi connectivity index (χ0) is 32.6. The second kappa shape index (κ2) is 14.8. The Labute approximate surface area is 271 Å². The minimum Gasteiger partial charge on any atom is -0.350 e. The van der Waals surface area contributed by atoms with Gasteiger partial charge in [0.15, 0.2) is 0 Å². The molecule has 2 amide bonds. The molecule has 0 bridgehead atoms. The summed E-state index contributed by atoms with van der Waals surface area (Å²) in [7, 11) is -4.17. The summed E-state index contributed by atoms with van der Waals surface area (Å²) in [6, 6.07) is 30.8. The Balaban J connectivity index is 1.85. The van der Waals surface area contributed by atoms with Crippen LogP contribution in [0.15, 0.2) is 114 Å². The summed E-state index contributed by atoms with van der Waals surface area (Å²) >= 11 is 6.57. The van der Waals surface area contributed by atoms with Crippen LogP contribution < -0.4 is 9.62 Å². The number of amides is 2. The Bertz CT molecular complexity index is 1710. The van der Waals surface area contributed by atoms with Crippen molar-refractivity contribution in [3.8, 4) is 0 Å². The van der Waals surface area contributed by atoms with Crippen LogP contribution in [0.2, 0.25) is 5.02 Å². The molecule has 9 heteroatoms. The third-order valence-electron chi connectivity index (χ3n) is 7.32. The van der Waals surface area contributed by atoms with E-state index in [-0.39, 0.29) is 23.8 Å². The number of nitrogens with one attached hydrogen (secondary N) is 1. The van der Waals surface area contributed by atoms with Crippen LogP contribution in [0.5, 0.6) is 0 Å². The summed E-state index contributed by atoms with van der Waals surface area (Å²) in [5, 5.41) is 3.48. The van der Waals surface area contributed by atoms with Gasteiger partial charge in [0.05, 0.1) is 10.6 Å². The quantitative estimate of drug-likeness (QED) is 0.187. The standard InChI is InChI=1S/C36H40ClN3O4S/c1-5-28-18-13-15-23-32(28)40(45(43,44)30-20-10-7-11-21-30)26-34(41)39(25-29-19-12-14-22-31(29)37)33(35(42)38-36(2,3)4)24-27-16-8-6-9-17-27/h6-23,33H,5,24-26H2,1-4H3,(H,38,42)/t33-/m0/s1. The third kappa shape index (κ3) is 8.74. The van der Waals surface area contributed by atoms with Gasteiger partial charge in [0, 0.05) is 23.5 Å². The van der Waals surface area contributed by atoms with Crippen LogP contribution in [0.4, 0.5) is 5.69 Å². The van der Waals surface area contributed by atoms with Gasteiger partial charge in [0.25, 0.3) is 10.0 Å². The van der Waals surface area contributed by atoms with Gasteiger partial charge in [-0.1, -0.05) is 103 Å². The molecule has 236 valence electrons. The van der Waals surface area contributed by atoms with Crippen LogP contribution in [0.25, 0.3) is 0 Å². The van der Waals surface area contributed by atoms with Gasteiger partial charge in [-0.05, 0) is 68.1 Å². The second-order valence-corrected chi connectivity index (χ2v) is 14.1. The van der Waals surface area contributed by atoms with Crippen molar-refractivity contribution in [1.82, 2.24) is 10.2 Å². The van der Waals surface area contributed by atoms with E-state index in [0.717, 1.165) is 15.4 Å². The van der Waals surface area contributed by atoms with E-state index < -0.39 is 34.1 Å². The number of sulfonamides is 1. The Hall–Kier alpha value is -4.14. The number of carbonyl (C=O) groups is 2. The summed E-state index contributed by atoms with van der Waals surface area (Å²) in [5.41, 5.74) is 2.10. The molecule has 0 saturated heterocycles. The van der Waals surface area contributed by atoms with Crippen molar-refractivity contribution in [3.63, 3.8) is 0 Å². The lowest BCUT2D eigenvalue weighted by molar-refractivity contribution is -0.140. The van der Waals surface area contributed by atoms with Crippen molar-refractivity contribution < 1.29 is 18.0 Å². The molecular formula is C36H40ClN3O4S. The van der Waals surface area contributed by atoms with Crippen LogP contribution in [0, 0.1) is 0 Å². The number of benzene rings is 4. The molecule has 0 aliphatic heterocycles. The maximum Gasteiger partial charge on any atom is 0.264 e. The van der Waals surface area contributed by atoms with Crippen molar-refractivity contribution in [2.45, 2.75) is 63.6 Å². The van der Waals surface area contributed by atoms with E-state index in [1.54, 1.807) is 48.5 Å². The number of rotatable bonds is 12. The molecule has 0 aromatic heterocycles. The molecule has 4 aromatic rings. The SMILES string of the molecule is CCc1ccccc1N(CC(=O)N(Cc1ccccc1Cl)[C@@H](Cc1ccccc1)C(=O)NC(C)(C)C)S(=O)(=O)c1ccccc1. The van der Waals surface area contributed by atoms with Gasteiger partial charge in [-0.15, -0.1) is 0 Å². The fourth-order valence-corrected chi connectivity index (χ4v) is 6.77. The predicted molar refractivity (Wildman–Crippen MR) is 181 cm³/mol. The smallest absolute Gasteiger partial charge is 0.264 e. The molecular weight excluding hydrogens is 606 g/mol. The lowest BCUT2D eigenvalue weighted by Crippen LogP contribution is -2.56. The van der Waals surface area contributed by atoms with Crippen LogP contribution >= 0.6 is 11.6 Å². The first-order valence-electron chi connectivity index (χ1n) is 14.9. The van der Waals surface area contributed by atoms with E-state index >= 15 is 0 Å². The lowest BCUT2D eigenvalue weighted by Gasteiger charge is -2.35. The van der Waals surface area contributed by atoms with Crippen LogP contribution in [-0.4, -0.2) is 43.3 Å². The van der Waals surface area contributed by atoms with Crippen LogP contribution in [-0.2, 0) is 39.0 Å². The highest BCUT2D eigenvalue weighted by Crippen LogP contribution is 2.29. The maximum absolute atomic E-state index is 14.6. The van der Waals surface area contributed by atoms with Crippen molar-refractivity contribution >= 4 is 39.1 Å². The largest absolute Gasteiger partial charge is 0.350 e. The van der Waals surface area contributed by atoms with Gasteiger partial charge in [-0.2, -0.15) is 0 Å². The zero-order valence-corrected chi connectivity index (χ0v) is 27.7. The first-order valence-corrected chi connectivity index (χ1v) is 16.8. The number of anilines is 1. The van der Waals surface area contributed by atoms with E-state index in [9.17, 15) is 18.0 Å². The lowest BCUT2D eigenvalue weighted by atomic mass is 10.0. The number of aryl methyl sites for hydroxylation is 1. The van der Waals surface area contributed by atoms with Crippen molar-refractivity contribution in [2.24, 2.45) is 0 Å². The summed E-state index contributed by atoms with van der Waals surface area (Å²) < 4.78 is 29.6. The van der Waals surface area contributed by atoms with E-state index in [4.69, 9.17) is 11.6 Å². The molecule has 1 atom stereocenters. The Kier molecular flexibility index (Phi) is 11.1. The van der Waals surface area contributed by atoms with E-state index in [2.05, 4.69) is 5.32 Å². The van der Waals surface area contributed by atoms with Crippen LogP contribution in [0.3, 0.4) is 0 Å². The molecule has 1 N–H and O–H groups in total. The molecule has 4 aromatic carbocycles. The number of nitrogens with zero attached hydrogens (tertiary/aromatic N) is 2. The number of carbonyl (C=O) groups excluding carboxylic acids is 2. The van der Waals surface area contributed by atoms with Gasteiger partial charge in [-0.3, -0.25) is 13.9 Å². The number of hydrogen-bond donors (Lipinski definition) is 1. The van der Waals surface area contributed by atoms with Crippen molar-refractivity contribution in [1.29, 1.82) is 0 Å². The minimum atomic E-state index is -4.17. The number of halogens is 1. The molecule has 45 heavy (non-hydrogen) atoms. The molecule has 0 unspecified atom stereocenters. The molecule has 0 fully saturated rings. The topological polar surface area (TPSA) is 86.8 Å². The highest BCUT2D eigenvalue weighted by atomic mass is 35.5. The zero-order valence-electron chi connectivity index (χ0n) is 26.1. The molecule has 7 nitrogen and oxygen atoms in total. The predicted octanol–water partition coefficient (Wildman–Crippen LogP) is 6.65. The highest BCUT2D eigenvalue weighted by Gasteiger charge is 2.36. The van der Waals surface area contributed by atoms with Gasteiger partial charge in [-0.25, -0.2) is 8.42 Å². The van der Waals surface area contributed by atoms with E-state index in [1.165, 1.54) is 17.0 Å². The Morgan fingerprint density at radius 1 is 0.800 bits per heavy atom. The van der Waals surface area contributed by atoms with Crippen molar-refractivity contribution in [3.05, 3.63) is 131 Å². The monoisotopic (exact) mass is 645 g/mol. The van der Waals surface area contributed by atoms with Gasteiger partial charge in [0.2, 0.25) is 11.8 Å². The first kappa shape index (κ1) is 33.7. The summed E-state index contributed by atoms with van der Waals surface area (Å²) in [6.45, 7) is 7.04. The van der Waals surface area contributed by atoms with E-state index in [0.29, 0.717) is 22.7 Å². The molecule has 0 saturated carbocycles. The van der Waals surface area contributed by atoms with E-state index in [1.807, 2.05) is 76.2 Å².